The van der Waals surface area contributed by atoms with Gasteiger partial charge in [0.1, 0.15) is 6.29 Å². The molecule has 0 saturated carbocycles. The lowest BCUT2D eigenvalue weighted by Gasteiger charge is -2.19. The second-order valence-electron chi connectivity index (χ2n) is 3.46. The largest absolute Gasteiger partial charge is 0.375 e. The topological polar surface area (TPSA) is 63.4 Å². The SMILES string of the molecule is CC.CCN(C)c1ccc([N+](=O)[O-])cc1CC=O. The third-order valence-corrected chi connectivity index (χ3v) is 2.46. The molecular formula is C13H20N2O3. The van der Waals surface area contributed by atoms with Crippen LogP contribution < -0.4 is 4.90 Å². The van der Waals surface area contributed by atoms with E-state index in [1.165, 1.54) is 12.1 Å². The van der Waals surface area contributed by atoms with Crippen molar-refractivity contribution in [2.75, 3.05) is 18.5 Å². The van der Waals surface area contributed by atoms with E-state index in [0.29, 0.717) is 5.56 Å². The Balaban J connectivity index is 0.00000137. The average molecular weight is 252 g/mol. The quantitative estimate of drug-likeness (QED) is 0.459. The summed E-state index contributed by atoms with van der Waals surface area (Å²) in [6.07, 6.45) is 0.952. The average Bonchev–Trinajstić information content (AvgIpc) is 2.40. The fourth-order valence-corrected chi connectivity index (χ4v) is 1.48. The Kier molecular flexibility index (Phi) is 7.35. The monoisotopic (exact) mass is 252 g/mol. The molecular weight excluding hydrogens is 232 g/mol. The van der Waals surface area contributed by atoms with Crippen LogP contribution in [0.3, 0.4) is 0 Å². The van der Waals surface area contributed by atoms with Crippen LogP contribution in [0, 0.1) is 10.1 Å². The van der Waals surface area contributed by atoms with E-state index in [1.807, 2.05) is 32.7 Å². The van der Waals surface area contributed by atoms with E-state index in [4.69, 9.17) is 0 Å². The van der Waals surface area contributed by atoms with E-state index in [9.17, 15) is 14.9 Å². The first-order valence-electron chi connectivity index (χ1n) is 6.02. The minimum atomic E-state index is -0.454. The molecule has 0 N–H and O–H groups in total. The Morgan fingerprint density at radius 3 is 2.44 bits per heavy atom. The smallest absolute Gasteiger partial charge is 0.269 e. The highest BCUT2D eigenvalue weighted by Crippen LogP contribution is 2.24. The molecule has 1 rings (SSSR count). The Labute approximate surface area is 108 Å². The van der Waals surface area contributed by atoms with E-state index in [2.05, 4.69) is 0 Å². The number of benzene rings is 1. The van der Waals surface area contributed by atoms with Crippen LogP contribution in [0.15, 0.2) is 18.2 Å². The lowest BCUT2D eigenvalue weighted by atomic mass is 10.1. The molecule has 0 saturated heterocycles. The van der Waals surface area contributed by atoms with Crippen LogP contribution in [0.2, 0.25) is 0 Å². The van der Waals surface area contributed by atoms with Gasteiger partial charge in [-0.2, -0.15) is 0 Å². The number of carbonyl (C=O) groups is 1. The molecule has 0 aliphatic carbocycles. The first-order chi connectivity index (χ1) is 8.60. The minimum Gasteiger partial charge on any atom is -0.375 e. The van der Waals surface area contributed by atoms with Crippen molar-refractivity contribution >= 4 is 17.7 Å². The second kappa shape index (κ2) is 8.22. The highest BCUT2D eigenvalue weighted by Gasteiger charge is 2.12. The number of aldehydes is 1. The normalized spacial score (nSPS) is 9.11. The van der Waals surface area contributed by atoms with E-state index in [1.54, 1.807) is 6.07 Å². The molecule has 0 radical (unpaired) electrons. The van der Waals surface area contributed by atoms with Crippen LogP contribution in [0.25, 0.3) is 0 Å². The van der Waals surface area contributed by atoms with Gasteiger partial charge in [-0.1, -0.05) is 13.8 Å². The summed E-state index contributed by atoms with van der Waals surface area (Å²) in [5.41, 5.74) is 1.57. The Hall–Kier alpha value is -1.91. The molecule has 0 aliphatic rings. The first kappa shape index (κ1) is 16.1. The molecule has 0 aliphatic heterocycles. The number of rotatable bonds is 5. The van der Waals surface area contributed by atoms with E-state index in [-0.39, 0.29) is 12.1 Å². The van der Waals surface area contributed by atoms with Gasteiger partial charge >= 0.3 is 0 Å². The van der Waals surface area contributed by atoms with Crippen molar-refractivity contribution in [1.82, 2.24) is 0 Å². The Morgan fingerprint density at radius 1 is 1.39 bits per heavy atom. The molecule has 5 nitrogen and oxygen atoms in total. The fourth-order valence-electron chi connectivity index (χ4n) is 1.48. The predicted molar refractivity (Wildman–Crippen MR) is 73.2 cm³/mol. The van der Waals surface area contributed by atoms with E-state index >= 15 is 0 Å². The number of nitro groups is 1. The van der Waals surface area contributed by atoms with Gasteiger partial charge in [0, 0.05) is 37.8 Å². The third kappa shape index (κ3) is 4.16. The van der Waals surface area contributed by atoms with Crippen LogP contribution in [0.4, 0.5) is 11.4 Å². The fraction of sp³-hybridized carbons (Fsp3) is 0.462. The van der Waals surface area contributed by atoms with Crippen LogP contribution in [-0.4, -0.2) is 24.8 Å². The molecule has 5 heteroatoms. The molecule has 0 amide bonds. The zero-order valence-electron chi connectivity index (χ0n) is 11.3. The van der Waals surface area contributed by atoms with Crippen molar-refractivity contribution in [3.8, 4) is 0 Å². The lowest BCUT2D eigenvalue weighted by Crippen LogP contribution is -2.17. The van der Waals surface area contributed by atoms with Gasteiger partial charge in [0.05, 0.1) is 4.92 Å². The standard InChI is InChI=1S/C11H14N2O3.C2H6/c1-3-12(2)11-5-4-10(13(15)16)8-9(11)6-7-14;1-2/h4-5,7-8H,3,6H2,1-2H3;1-2H3. The summed E-state index contributed by atoms with van der Waals surface area (Å²) in [6, 6.07) is 4.59. The van der Waals surface area contributed by atoms with E-state index < -0.39 is 4.92 Å². The third-order valence-electron chi connectivity index (χ3n) is 2.46. The molecule has 1 aromatic carbocycles. The molecule has 0 atom stereocenters. The van der Waals surface area contributed by atoms with Gasteiger partial charge in [-0.05, 0) is 18.6 Å². The summed E-state index contributed by atoms with van der Waals surface area (Å²) in [5, 5.41) is 10.6. The van der Waals surface area contributed by atoms with Gasteiger partial charge in [-0.3, -0.25) is 10.1 Å². The summed E-state index contributed by atoms with van der Waals surface area (Å²) >= 11 is 0. The number of carbonyl (C=O) groups excluding carboxylic acids is 1. The van der Waals surface area contributed by atoms with Gasteiger partial charge in [0.25, 0.3) is 5.69 Å². The number of anilines is 1. The molecule has 0 heterocycles. The molecule has 0 fully saturated rings. The number of nitrogens with zero attached hydrogens (tertiary/aromatic N) is 2. The zero-order valence-corrected chi connectivity index (χ0v) is 11.3. The van der Waals surface area contributed by atoms with Gasteiger partial charge in [-0.15, -0.1) is 0 Å². The minimum absolute atomic E-state index is 0.0186. The number of nitro benzene ring substituents is 1. The van der Waals surface area contributed by atoms with Gasteiger partial charge in [-0.25, -0.2) is 0 Å². The summed E-state index contributed by atoms with van der Waals surface area (Å²) in [4.78, 5) is 22.6. The second-order valence-corrected chi connectivity index (χ2v) is 3.46. The number of non-ortho nitro benzene ring substituents is 1. The van der Waals surface area contributed by atoms with Crippen LogP contribution in [-0.2, 0) is 11.2 Å². The molecule has 18 heavy (non-hydrogen) atoms. The van der Waals surface area contributed by atoms with Gasteiger partial charge < -0.3 is 9.69 Å². The summed E-state index contributed by atoms with van der Waals surface area (Å²) < 4.78 is 0. The van der Waals surface area contributed by atoms with Crippen LogP contribution >= 0.6 is 0 Å². The maximum Gasteiger partial charge on any atom is 0.269 e. The van der Waals surface area contributed by atoms with Crippen LogP contribution in [0.5, 0.6) is 0 Å². The number of hydrogen-bond donors (Lipinski definition) is 0. The lowest BCUT2D eigenvalue weighted by molar-refractivity contribution is -0.384. The highest BCUT2D eigenvalue weighted by molar-refractivity contribution is 5.65. The van der Waals surface area contributed by atoms with Gasteiger partial charge in [0.15, 0.2) is 0 Å². The Morgan fingerprint density at radius 2 is 2.00 bits per heavy atom. The number of hydrogen-bond acceptors (Lipinski definition) is 4. The molecule has 0 bridgehead atoms. The zero-order chi connectivity index (χ0) is 14.1. The van der Waals surface area contributed by atoms with Crippen molar-refractivity contribution in [2.45, 2.75) is 27.2 Å². The maximum atomic E-state index is 10.6. The van der Waals surface area contributed by atoms with Crippen molar-refractivity contribution in [2.24, 2.45) is 0 Å². The molecule has 0 aromatic heterocycles. The van der Waals surface area contributed by atoms with Crippen molar-refractivity contribution in [3.63, 3.8) is 0 Å². The summed E-state index contributed by atoms with van der Waals surface area (Å²) in [5.74, 6) is 0. The molecule has 100 valence electrons. The van der Waals surface area contributed by atoms with Crippen LogP contribution in [0.1, 0.15) is 26.3 Å². The van der Waals surface area contributed by atoms with Crippen molar-refractivity contribution < 1.29 is 9.72 Å². The first-order valence-corrected chi connectivity index (χ1v) is 6.02. The summed E-state index contributed by atoms with van der Waals surface area (Å²) in [6.45, 7) is 6.76. The van der Waals surface area contributed by atoms with Crippen molar-refractivity contribution in [1.29, 1.82) is 0 Å². The van der Waals surface area contributed by atoms with Gasteiger partial charge in [0.2, 0.25) is 0 Å². The maximum absolute atomic E-state index is 10.6. The highest BCUT2D eigenvalue weighted by atomic mass is 16.6. The summed E-state index contributed by atoms with van der Waals surface area (Å²) in [7, 11) is 1.88. The predicted octanol–water partition coefficient (Wildman–Crippen LogP) is 2.82. The molecule has 0 unspecified atom stereocenters. The Bertz CT molecular complexity index is 405. The molecule has 0 spiro atoms. The molecule has 1 aromatic rings. The van der Waals surface area contributed by atoms with E-state index in [0.717, 1.165) is 18.5 Å². The van der Waals surface area contributed by atoms with Crippen molar-refractivity contribution in [3.05, 3.63) is 33.9 Å².